The average molecular weight is 342 g/mol. The number of ether oxygens (including phenoxy) is 1. The average Bonchev–Trinajstić information content (AvgIpc) is 2.38. The molecule has 0 saturated carbocycles. The van der Waals surface area contributed by atoms with Gasteiger partial charge in [-0.2, -0.15) is 0 Å². The summed E-state index contributed by atoms with van der Waals surface area (Å²) in [6.45, 7) is 8.38. The van der Waals surface area contributed by atoms with Crippen LogP contribution in [0.15, 0.2) is 27.7 Å². The van der Waals surface area contributed by atoms with Crippen molar-refractivity contribution in [3.05, 3.63) is 33.8 Å². The van der Waals surface area contributed by atoms with Crippen molar-refractivity contribution in [3.8, 4) is 0 Å². The maximum Gasteiger partial charge on any atom is 0.191 e. The number of hydrogen-bond donors (Lipinski definition) is 2. The van der Waals surface area contributed by atoms with E-state index in [-0.39, 0.29) is 6.04 Å². The standard InChI is InChI=1S/C15H24BrN3O/c1-5-17-15(19-12(3)10-20-4)18-9-13-6-7-14(16)8-11(13)2/h6-8,12H,5,9-10H2,1-4H3,(H2,17,18,19). The molecule has 0 aliphatic heterocycles. The molecule has 0 saturated heterocycles. The maximum atomic E-state index is 5.13. The van der Waals surface area contributed by atoms with Gasteiger partial charge in [-0.25, -0.2) is 4.99 Å². The summed E-state index contributed by atoms with van der Waals surface area (Å²) >= 11 is 3.48. The molecule has 1 aromatic rings. The molecule has 2 N–H and O–H groups in total. The van der Waals surface area contributed by atoms with Gasteiger partial charge in [-0.1, -0.05) is 22.0 Å². The molecule has 1 rings (SSSR count). The predicted molar refractivity (Wildman–Crippen MR) is 88.2 cm³/mol. The van der Waals surface area contributed by atoms with E-state index in [1.54, 1.807) is 7.11 Å². The van der Waals surface area contributed by atoms with Gasteiger partial charge in [0.05, 0.1) is 13.2 Å². The van der Waals surface area contributed by atoms with Crippen molar-refractivity contribution in [3.63, 3.8) is 0 Å². The van der Waals surface area contributed by atoms with Crippen LogP contribution in [0.2, 0.25) is 0 Å². The van der Waals surface area contributed by atoms with Crippen molar-refractivity contribution >= 4 is 21.9 Å². The molecular weight excluding hydrogens is 318 g/mol. The van der Waals surface area contributed by atoms with Gasteiger partial charge < -0.3 is 15.4 Å². The van der Waals surface area contributed by atoms with Gasteiger partial charge in [0, 0.05) is 24.2 Å². The molecule has 0 radical (unpaired) electrons. The second kappa shape index (κ2) is 8.97. The Morgan fingerprint density at radius 3 is 2.80 bits per heavy atom. The number of halogens is 1. The zero-order valence-electron chi connectivity index (χ0n) is 12.7. The largest absolute Gasteiger partial charge is 0.383 e. The molecule has 0 aliphatic rings. The van der Waals surface area contributed by atoms with Crippen molar-refractivity contribution < 1.29 is 4.74 Å². The highest BCUT2D eigenvalue weighted by molar-refractivity contribution is 9.10. The van der Waals surface area contributed by atoms with Crippen molar-refractivity contribution in [2.45, 2.75) is 33.4 Å². The third-order valence-corrected chi connectivity index (χ3v) is 3.35. The van der Waals surface area contributed by atoms with Crippen LogP contribution in [0.25, 0.3) is 0 Å². The van der Waals surface area contributed by atoms with E-state index in [2.05, 4.69) is 64.5 Å². The van der Waals surface area contributed by atoms with Crippen LogP contribution in [-0.4, -0.2) is 32.3 Å². The van der Waals surface area contributed by atoms with Gasteiger partial charge in [0.2, 0.25) is 0 Å². The molecule has 1 unspecified atom stereocenters. The van der Waals surface area contributed by atoms with Crippen LogP contribution in [0.4, 0.5) is 0 Å². The number of rotatable bonds is 6. The van der Waals surface area contributed by atoms with Gasteiger partial charge in [0.25, 0.3) is 0 Å². The van der Waals surface area contributed by atoms with E-state index in [0.717, 1.165) is 17.0 Å². The molecule has 5 heteroatoms. The number of nitrogens with zero attached hydrogens (tertiary/aromatic N) is 1. The molecule has 0 aromatic heterocycles. The molecule has 0 fully saturated rings. The minimum Gasteiger partial charge on any atom is -0.383 e. The minimum atomic E-state index is 0.226. The zero-order chi connectivity index (χ0) is 15.0. The quantitative estimate of drug-likeness (QED) is 0.617. The molecular formula is C15H24BrN3O. The summed E-state index contributed by atoms with van der Waals surface area (Å²) in [5, 5.41) is 6.57. The van der Waals surface area contributed by atoms with Gasteiger partial charge in [0.15, 0.2) is 5.96 Å². The van der Waals surface area contributed by atoms with Gasteiger partial charge in [-0.15, -0.1) is 0 Å². The third-order valence-electron chi connectivity index (χ3n) is 2.86. The Morgan fingerprint density at radius 2 is 2.20 bits per heavy atom. The molecule has 1 atom stereocenters. The van der Waals surface area contributed by atoms with Gasteiger partial charge in [-0.3, -0.25) is 0 Å². The van der Waals surface area contributed by atoms with Crippen LogP contribution < -0.4 is 10.6 Å². The van der Waals surface area contributed by atoms with Crippen molar-refractivity contribution in [1.82, 2.24) is 10.6 Å². The van der Waals surface area contributed by atoms with Gasteiger partial charge in [0.1, 0.15) is 0 Å². The Morgan fingerprint density at radius 1 is 1.45 bits per heavy atom. The maximum absolute atomic E-state index is 5.13. The van der Waals surface area contributed by atoms with Crippen LogP contribution in [0.3, 0.4) is 0 Å². The highest BCUT2D eigenvalue weighted by Crippen LogP contribution is 2.16. The number of benzene rings is 1. The summed E-state index contributed by atoms with van der Waals surface area (Å²) in [6, 6.07) is 6.49. The first-order valence-electron chi connectivity index (χ1n) is 6.85. The van der Waals surface area contributed by atoms with Crippen LogP contribution in [0.1, 0.15) is 25.0 Å². The highest BCUT2D eigenvalue weighted by atomic mass is 79.9. The lowest BCUT2D eigenvalue weighted by molar-refractivity contribution is 0.179. The molecule has 112 valence electrons. The smallest absolute Gasteiger partial charge is 0.191 e. The number of aliphatic imine (C=N–C) groups is 1. The van der Waals surface area contributed by atoms with Crippen LogP contribution in [-0.2, 0) is 11.3 Å². The fourth-order valence-corrected chi connectivity index (χ4v) is 2.32. The second-order valence-electron chi connectivity index (χ2n) is 4.77. The Hall–Kier alpha value is -1.07. The van der Waals surface area contributed by atoms with Crippen LogP contribution >= 0.6 is 15.9 Å². The summed E-state index contributed by atoms with van der Waals surface area (Å²) in [5.41, 5.74) is 2.47. The van der Waals surface area contributed by atoms with E-state index in [9.17, 15) is 0 Å². The van der Waals surface area contributed by atoms with Crippen LogP contribution in [0, 0.1) is 6.92 Å². The molecule has 0 spiro atoms. The summed E-state index contributed by atoms with van der Waals surface area (Å²) in [5.74, 6) is 0.819. The van der Waals surface area contributed by atoms with Crippen molar-refractivity contribution in [2.24, 2.45) is 4.99 Å². The number of nitrogens with one attached hydrogen (secondary N) is 2. The van der Waals surface area contributed by atoms with E-state index in [1.165, 1.54) is 11.1 Å². The number of aryl methyl sites for hydroxylation is 1. The Kier molecular flexibility index (Phi) is 7.62. The number of guanidine groups is 1. The second-order valence-corrected chi connectivity index (χ2v) is 5.68. The molecule has 20 heavy (non-hydrogen) atoms. The van der Waals surface area contributed by atoms with E-state index in [1.807, 2.05) is 6.07 Å². The van der Waals surface area contributed by atoms with Crippen molar-refractivity contribution in [1.29, 1.82) is 0 Å². The molecule has 0 amide bonds. The van der Waals surface area contributed by atoms with Crippen LogP contribution in [0.5, 0.6) is 0 Å². The SMILES string of the molecule is CCNC(=NCc1ccc(Br)cc1C)NC(C)COC. The zero-order valence-corrected chi connectivity index (χ0v) is 14.3. The monoisotopic (exact) mass is 341 g/mol. The first kappa shape index (κ1) is 17.0. The Bertz CT molecular complexity index is 449. The lowest BCUT2D eigenvalue weighted by Gasteiger charge is -2.17. The summed E-state index contributed by atoms with van der Waals surface area (Å²) in [7, 11) is 1.70. The molecule has 0 bridgehead atoms. The lowest BCUT2D eigenvalue weighted by atomic mass is 10.1. The minimum absolute atomic E-state index is 0.226. The van der Waals surface area contributed by atoms with E-state index >= 15 is 0 Å². The van der Waals surface area contributed by atoms with Gasteiger partial charge >= 0.3 is 0 Å². The van der Waals surface area contributed by atoms with Crippen molar-refractivity contribution in [2.75, 3.05) is 20.3 Å². The lowest BCUT2D eigenvalue weighted by Crippen LogP contribution is -2.43. The number of methoxy groups -OCH3 is 1. The Labute approximate surface area is 130 Å². The molecule has 4 nitrogen and oxygen atoms in total. The third kappa shape index (κ3) is 5.92. The molecule has 1 aromatic carbocycles. The normalized spacial score (nSPS) is 13.2. The first-order valence-corrected chi connectivity index (χ1v) is 7.65. The topological polar surface area (TPSA) is 45.7 Å². The molecule has 0 heterocycles. The summed E-state index contributed by atoms with van der Waals surface area (Å²) < 4.78 is 6.23. The summed E-state index contributed by atoms with van der Waals surface area (Å²) in [6.07, 6.45) is 0. The highest BCUT2D eigenvalue weighted by Gasteiger charge is 2.05. The Balaban J connectivity index is 2.70. The van der Waals surface area contributed by atoms with E-state index < -0.39 is 0 Å². The van der Waals surface area contributed by atoms with E-state index in [0.29, 0.717) is 13.2 Å². The number of hydrogen-bond acceptors (Lipinski definition) is 2. The fraction of sp³-hybridized carbons (Fsp3) is 0.533. The summed E-state index contributed by atoms with van der Waals surface area (Å²) in [4.78, 5) is 4.62. The van der Waals surface area contributed by atoms with Gasteiger partial charge in [-0.05, 0) is 44.0 Å². The first-order chi connectivity index (χ1) is 9.56. The fourth-order valence-electron chi connectivity index (χ4n) is 1.85. The van der Waals surface area contributed by atoms with E-state index in [4.69, 9.17) is 4.74 Å². The molecule has 0 aliphatic carbocycles. The predicted octanol–water partition coefficient (Wildman–Crippen LogP) is 2.85.